The number of benzene rings is 2. The fourth-order valence-electron chi connectivity index (χ4n) is 2.59. The van der Waals surface area contributed by atoms with E-state index < -0.39 is 61.0 Å². The Morgan fingerprint density at radius 1 is 0.946 bits per heavy atom. The molecule has 10 nitrogen and oxygen atoms in total. The predicted octanol–water partition coefficient (Wildman–Crippen LogP) is 4.13. The van der Waals surface area contributed by atoms with E-state index in [9.17, 15) is 58.9 Å². The van der Waals surface area contributed by atoms with Crippen LogP contribution >= 0.6 is 0 Å². The van der Waals surface area contributed by atoms with Crippen LogP contribution in [0.25, 0.3) is 0 Å². The Balaban J connectivity index is 2.25. The molecular weight excluding hydrogens is 547 g/mol. The maximum Gasteiger partial charge on any atom is 0.461 e. The number of halogens is 7. The first-order chi connectivity index (χ1) is 16.8. The van der Waals surface area contributed by atoms with Crippen molar-refractivity contribution in [3.05, 3.63) is 52.6 Å². The number of carbonyl (C=O) groups excluding carboxylic acids is 2. The fraction of sp³-hybridized carbons (Fsp3) is 0.263. The van der Waals surface area contributed by atoms with Crippen molar-refractivity contribution in [2.75, 3.05) is 17.2 Å². The lowest BCUT2D eigenvalue weighted by Crippen LogP contribution is -2.55. The summed E-state index contributed by atoms with van der Waals surface area (Å²) >= 11 is 0. The number of rotatable bonds is 9. The second-order valence-corrected chi connectivity index (χ2v) is 9.07. The summed E-state index contributed by atoms with van der Waals surface area (Å²) in [6, 6.07) is 5.77. The van der Waals surface area contributed by atoms with Gasteiger partial charge in [-0.25, -0.2) is 8.42 Å². The summed E-state index contributed by atoms with van der Waals surface area (Å²) in [4.78, 5) is 30.9. The van der Waals surface area contributed by atoms with Gasteiger partial charge in [-0.3, -0.25) is 19.7 Å². The number of alkyl halides is 7. The van der Waals surface area contributed by atoms with Gasteiger partial charge < -0.3 is 15.4 Å². The van der Waals surface area contributed by atoms with E-state index in [2.05, 4.69) is 10.6 Å². The van der Waals surface area contributed by atoms with Gasteiger partial charge in [0.05, 0.1) is 9.82 Å². The minimum Gasteiger partial charge on any atom is -0.477 e. The van der Waals surface area contributed by atoms with Gasteiger partial charge in [0.15, 0.2) is 12.4 Å². The molecule has 37 heavy (non-hydrogen) atoms. The first kappa shape index (κ1) is 29.3. The second-order valence-electron chi connectivity index (χ2n) is 7.07. The highest BCUT2D eigenvalue weighted by Gasteiger charge is 2.78. The van der Waals surface area contributed by atoms with E-state index in [-0.39, 0.29) is 23.7 Å². The van der Waals surface area contributed by atoms with Crippen LogP contribution in [0.15, 0.2) is 47.4 Å². The van der Waals surface area contributed by atoms with Gasteiger partial charge in [-0.2, -0.15) is 30.7 Å². The lowest BCUT2D eigenvalue weighted by atomic mass is 10.2. The summed E-state index contributed by atoms with van der Waals surface area (Å²) < 4.78 is 120. The van der Waals surface area contributed by atoms with Gasteiger partial charge >= 0.3 is 23.0 Å². The van der Waals surface area contributed by atoms with E-state index in [0.29, 0.717) is 11.8 Å². The van der Waals surface area contributed by atoms with E-state index in [1.54, 1.807) is 0 Å². The molecule has 2 amide bonds. The van der Waals surface area contributed by atoms with Gasteiger partial charge in [0.25, 0.3) is 15.7 Å². The van der Waals surface area contributed by atoms with Crippen molar-refractivity contribution < 1.29 is 58.4 Å². The van der Waals surface area contributed by atoms with Crippen LogP contribution in [-0.2, 0) is 19.4 Å². The Kier molecular flexibility index (Phi) is 8.06. The molecule has 2 aromatic rings. The molecule has 202 valence electrons. The maximum absolute atomic E-state index is 13.8. The zero-order valence-corrected chi connectivity index (χ0v) is 18.9. The predicted molar refractivity (Wildman–Crippen MR) is 111 cm³/mol. The zero-order chi connectivity index (χ0) is 28.4. The molecule has 2 N–H and O–H groups in total. The summed E-state index contributed by atoms with van der Waals surface area (Å²) in [5, 5.41) is 9.27. The average Bonchev–Trinajstić information content (AvgIpc) is 2.77. The molecule has 0 aromatic heterocycles. The summed E-state index contributed by atoms with van der Waals surface area (Å²) in [5.74, 6) is -9.19. The van der Waals surface area contributed by atoms with Crippen LogP contribution in [0.4, 0.5) is 47.8 Å². The van der Waals surface area contributed by atoms with Crippen molar-refractivity contribution in [2.45, 2.75) is 29.2 Å². The fourth-order valence-corrected chi connectivity index (χ4v) is 3.85. The molecule has 0 atom stereocenters. The monoisotopic (exact) mass is 561 g/mol. The Bertz CT molecular complexity index is 1310. The molecule has 0 heterocycles. The summed E-state index contributed by atoms with van der Waals surface area (Å²) in [6.45, 7) is 0.306. The minimum absolute atomic E-state index is 0.0800. The molecule has 0 bridgehead atoms. The molecule has 0 radical (unpaired) electrons. The third-order valence-electron chi connectivity index (χ3n) is 4.34. The third-order valence-corrected chi connectivity index (χ3v) is 6.15. The van der Waals surface area contributed by atoms with Crippen LogP contribution in [0.1, 0.15) is 6.92 Å². The number of ether oxygens (including phenoxy) is 1. The highest BCUT2D eigenvalue weighted by Crippen LogP contribution is 2.51. The molecule has 0 aliphatic rings. The topological polar surface area (TPSA) is 145 Å². The normalized spacial score (nSPS) is 12.5. The van der Waals surface area contributed by atoms with Crippen LogP contribution in [0.2, 0.25) is 0 Å². The number of hydrogen-bond acceptors (Lipinski definition) is 7. The van der Waals surface area contributed by atoms with Crippen molar-refractivity contribution in [3.8, 4) is 5.75 Å². The van der Waals surface area contributed by atoms with Crippen molar-refractivity contribution in [2.24, 2.45) is 0 Å². The maximum atomic E-state index is 13.8. The molecule has 0 saturated carbocycles. The number of anilines is 2. The van der Waals surface area contributed by atoms with Crippen molar-refractivity contribution >= 4 is 38.7 Å². The van der Waals surface area contributed by atoms with Crippen LogP contribution in [0.5, 0.6) is 5.75 Å². The van der Waals surface area contributed by atoms with Gasteiger partial charge in [0, 0.05) is 24.4 Å². The van der Waals surface area contributed by atoms with Crippen LogP contribution in [0.3, 0.4) is 0 Å². The summed E-state index contributed by atoms with van der Waals surface area (Å²) in [7, 11) is -6.80. The summed E-state index contributed by atoms with van der Waals surface area (Å²) in [6.07, 6.45) is -6.96. The molecule has 2 aromatic carbocycles. The molecule has 0 fully saturated rings. The zero-order valence-electron chi connectivity index (χ0n) is 18.1. The Hall–Kier alpha value is -3.96. The van der Waals surface area contributed by atoms with E-state index in [0.717, 1.165) is 0 Å². The highest BCUT2D eigenvalue weighted by molar-refractivity contribution is 7.92. The quantitative estimate of drug-likeness (QED) is 0.266. The van der Waals surface area contributed by atoms with E-state index in [1.807, 2.05) is 0 Å². The average molecular weight is 561 g/mol. The van der Waals surface area contributed by atoms with Gasteiger partial charge in [0.1, 0.15) is 0 Å². The van der Waals surface area contributed by atoms with Gasteiger partial charge in [-0.05, 0) is 36.4 Å². The number of sulfone groups is 1. The van der Waals surface area contributed by atoms with Crippen LogP contribution < -0.4 is 15.4 Å². The number of nitrogens with zero attached hydrogens (tertiary/aromatic N) is 1. The summed E-state index contributed by atoms with van der Waals surface area (Å²) in [5.41, 5.74) is -0.836. The molecule has 0 aliphatic heterocycles. The number of hydrogen-bond donors (Lipinski definition) is 2. The molecule has 0 aliphatic carbocycles. The van der Waals surface area contributed by atoms with E-state index >= 15 is 0 Å². The lowest BCUT2D eigenvalue weighted by Gasteiger charge is -2.27. The van der Waals surface area contributed by atoms with Gasteiger partial charge in [-0.1, -0.05) is 0 Å². The number of amides is 2. The Morgan fingerprint density at radius 3 is 1.92 bits per heavy atom. The number of nitrogens with one attached hydrogen (secondary N) is 2. The minimum atomic E-state index is -7.03. The van der Waals surface area contributed by atoms with Crippen molar-refractivity contribution in [1.29, 1.82) is 0 Å². The van der Waals surface area contributed by atoms with Gasteiger partial charge in [0.2, 0.25) is 5.91 Å². The molecule has 2 rings (SSSR count). The van der Waals surface area contributed by atoms with Gasteiger partial charge in [-0.15, -0.1) is 0 Å². The largest absolute Gasteiger partial charge is 0.477 e. The molecule has 0 spiro atoms. The van der Waals surface area contributed by atoms with Crippen molar-refractivity contribution in [1.82, 2.24) is 0 Å². The lowest BCUT2D eigenvalue weighted by molar-refractivity contribution is -0.386. The SMILES string of the molecule is CC(=O)Nc1ccc(NC(=O)COc2ccc(S(=O)(=O)C(F)(F)C(F)(F)C(F)(F)F)cc2[N+](=O)[O-])cc1. The third kappa shape index (κ3) is 6.07. The molecule has 18 heteroatoms. The van der Waals surface area contributed by atoms with Crippen LogP contribution in [-0.4, -0.2) is 49.1 Å². The van der Waals surface area contributed by atoms with E-state index in [4.69, 9.17) is 4.74 Å². The second kappa shape index (κ2) is 10.2. The standard InChI is InChI=1S/C19H14F7N3O7S/c1-10(30)27-11-2-4-12(5-3-11)28-16(31)9-36-15-7-6-13(8-14(15)29(32)33)37(34,35)19(25,26)17(20,21)18(22,23)24/h2-8H,9H2,1H3,(H,27,30)(H,28,31). The van der Waals surface area contributed by atoms with E-state index in [1.165, 1.54) is 31.2 Å². The first-order valence-electron chi connectivity index (χ1n) is 9.47. The highest BCUT2D eigenvalue weighted by atomic mass is 32.2. The molecule has 0 unspecified atom stereocenters. The molecular formula is C19H14F7N3O7S. The number of nitro groups is 1. The molecule has 0 saturated heterocycles. The van der Waals surface area contributed by atoms with Crippen LogP contribution in [0, 0.1) is 10.1 Å². The van der Waals surface area contributed by atoms with Crippen molar-refractivity contribution in [3.63, 3.8) is 0 Å². The first-order valence-corrected chi connectivity index (χ1v) is 11.0. The number of carbonyl (C=O) groups is 2. The Morgan fingerprint density at radius 2 is 1.46 bits per heavy atom. The Labute approximate surface area is 202 Å². The smallest absolute Gasteiger partial charge is 0.461 e. The number of nitro benzene ring substituents is 1.